The van der Waals surface area contributed by atoms with Crippen molar-refractivity contribution in [2.45, 2.75) is 12.8 Å². The molecule has 0 aliphatic rings. The summed E-state index contributed by atoms with van der Waals surface area (Å²) in [5.41, 5.74) is 1.26. The maximum absolute atomic E-state index is 13.3. The average Bonchev–Trinajstić information content (AvgIpc) is 2.64. The predicted octanol–water partition coefficient (Wildman–Crippen LogP) is 3.14. The lowest BCUT2D eigenvalue weighted by molar-refractivity contribution is 0.242. The second kappa shape index (κ2) is 10.7. The molecule has 0 bridgehead atoms. The largest absolute Gasteiger partial charge is 0.478 e. The van der Waals surface area contributed by atoms with Crippen LogP contribution in [0, 0.1) is 17.7 Å². The smallest absolute Gasteiger partial charge is 0.315 e. The van der Waals surface area contributed by atoms with Gasteiger partial charge in [0.2, 0.25) is 0 Å². The highest BCUT2D eigenvalue weighted by atomic mass is 19.1. The molecule has 25 heavy (non-hydrogen) atoms. The van der Waals surface area contributed by atoms with Gasteiger partial charge in [-0.05, 0) is 30.5 Å². The molecule has 2 N–H and O–H groups in total. The first kappa shape index (κ1) is 18.3. The zero-order valence-corrected chi connectivity index (χ0v) is 13.9. The summed E-state index contributed by atoms with van der Waals surface area (Å²) >= 11 is 0. The van der Waals surface area contributed by atoms with E-state index in [2.05, 4.69) is 34.6 Å². The number of aryl methyl sites for hydroxylation is 1. The first-order chi connectivity index (χ1) is 12.3. The molecule has 0 aliphatic carbocycles. The van der Waals surface area contributed by atoms with E-state index in [1.165, 1.54) is 17.7 Å². The number of hydrogen-bond donors (Lipinski definition) is 2. The van der Waals surface area contributed by atoms with Gasteiger partial charge in [0.25, 0.3) is 0 Å². The molecule has 0 atom stereocenters. The number of nitrogens with one attached hydrogen (secondary N) is 2. The van der Waals surface area contributed by atoms with E-state index >= 15 is 0 Å². The summed E-state index contributed by atoms with van der Waals surface area (Å²) in [5, 5.41) is 5.42. The van der Waals surface area contributed by atoms with Gasteiger partial charge >= 0.3 is 6.03 Å². The van der Waals surface area contributed by atoms with Gasteiger partial charge in [0.15, 0.2) is 11.6 Å². The Morgan fingerprint density at radius 1 is 1.00 bits per heavy atom. The first-order valence-corrected chi connectivity index (χ1v) is 8.14. The molecule has 2 rings (SSSR count). The number of rotatable bonds is 7. The maximum atomic E-state index is 13.3. The van der Waals surface area contributed by atoms with Crippen molar-refractivity contribution in [3.63, 3.8) is 0 Å². The van der Waals surface area contributed by atoms with Crippen LogP contribution in [0.5, 0.6) is 5.75 Å². The molecule has 0 aromatic heterocycles. The second-order valence-electron chi connectivity index (χ2n) is 5.27. The summed E-state index contributed by atoms with van der Waals surface area (Å²) in [6, 6.07) is 16.0. The highest BCUT2D eigenvalue weighted by Gasteiger charge is 1.99. The fraction of sp³-hybridized carbons (Fsp3) is 0.250. The van der Waals surface area contributed by atoms with Crippen LogP contribution in [-0.2, 0) is 6.42 Å². The maximum Gasteiger partial charge on any atom is 0.315 e. The monoisotopic (exact) mass is 340 g/mol. The molecule has 4 nitrogen and oxygen atoms in total. The Balaban J connectivity index is 1.53. The van der Waals surface area contributed by atoms with Crippen LogP contribution >= 0.6 is 0 Å². The van der Waals surface area contributed by atoms with Gasteiger partial charge in [0, 0.05) is 6.54 Å². The minimum Gasteiger partial charge on any atom is -0.478 e. The quantitative estimate of drug-likeness (QED) is 0.601. The van der Waals surface area contributed by atoms with Gasteiger partial charge in [-0.15, -0.1) is 0 Å². The van der Waals surface area contributed by atoms with E-state index in [1.54, 1.807) is 12.1 Å². The molecule has 0 saturated carbocycles. The Morgan fingerprint density at radius 2 is 1.76 bits per heavy atom. The Kier molecular flexibility index (Phi) is 7.86. The standard InChI is InChI=1S/C20H21FN2O2/c21-18-12-4-5-13-19(18)25-16-7-6-14-22-20(24)23-15-8-11-17-9-2-1-3-10-17/h1-5,9-10,12-13H,8,11,14-16H2,(H2,22,23,24). The summed E-state index contributed by atoms with van der Waals surface area (Å²) < 4.78 is 18.5. The summed E-state index contributed by atoms with van der Waals surface area (Å²) in [6.07, 6.45) is 1.80. The Labute approximate surface area is 147 Å². The van der Waals surface area contributed by atoms with Crippen LogP contribution in [-0.4, -0.2) is 25.7 Å². The zero-order valence-electron chi connectivity index (χ0n) is 13.9. The van der Waals surface area contributed by atoms with E-state index in [4.69, 9.17) is 4.74 Å². The van der Waals surface area contributed by atoms with Crippen LogP contribution < -0.4 is 15.4 Å². The molecule has 130 valence electrons. The molecular weight excluding hydrogens is 319 g/mol. The molecule has 2 amide bonds. The van der Waals surface area contributed by atoms with Crippen molar-refractivity contribution >= 4 is 6.03 Å². The molecule has 2 aromatic rings. The lowest BCUT2D eigenvalue weighted by Gasteiger charge is -2.05. The van der Waals surface area contributed by atoms with Gasteiger partial charge in [-0.1, -0.05) is 54.3 Å². The van der Waals surface area contributed by atoms with Crippen molar-refractivity contribution in [2.24, 2.45) is 0 Å². The fourth-order valence-corrected chi connectivity index (χ4v) is 2.12. The molecule has 2 aromatic carbocycles. The molecular formula is C20H21FN2O2. The van der Waals surface area contributed by atoms with Gasteiger partial charge in [-0.2, -0.15) is 0 Å². The first-order valence-electron chi connectivity index (χ1n) is 8.14. The molecule has 0 saturated heterocycles. The molecule has 0 fully saturated rings. The van der Waals surface area contributed by atoms with Crippen molar-refractivity contribution in [1.82, 2.24) is 10.6 Å². The topological polar surface area (TPSA) is 50.4 Å². The number of urea groups is 1. The lowest BCUT2D eigenvalue weighted by Crippen LogP contribution is -2.36. The van der Waals surface area contributed by atoms with Gasteiger partial charge in [0.1, 0.15) is 6.61 Å². The van der Waals surface area contributed by atoms with Crippen molar-refractivity contribution in [2.75, 3.05) is 19.7 Å². The van der Waals surface area contributed by atoms with Crippen molar-refractivity contribution in [1.29, 1.82) is 0 Å². The Hall–Kier alpha value is -3.00. The number of halogens is 1. The third-order valence-electron chi connectivity index (χ3n) is 3.37. The van der Waals surface area contributed by atoms with Crippen LogP contribution in [0.4, 0.5) is 9.18 Å². The van der Waals surface area contributed by atoms with Gasteiger partial charge in [-0.3, -0.25) is 0 Å². The average molecular weight is 340 g/mol. The molecule has 0 heterocycles. The van der Waals surface area contributed by atoms with Crippen LogP contribution in [0.1, 0.15) is 12.0 Å². The minimum absolute atomic E-state index is 0.0707. The molecule has 5 heteroatoms. The Bertz CT molecular complexity index is 723. The van der Waals surface area contributed by atoms with E-state index < -0.39 is 5.82 Å². The Morgan fingerprint density at radius 3 is 2.56 bits per heavy atom. The van der Waals surface area contributed by atoms with Crippen molar-refractivity contribution in [3.8, 4) is 17.6 Å². The SMILES string of the molecule is O=C(NCC#CCOc1ccccc1F)NCCCc1ccccc1. The van der Waals surface area contributed by atoms with Crippen LogP contribution in [0.3, 0.4) is 0 Å². The van der Waals surface area contributed by atoms with Crippen molar-refractivity contribution < 1.29 is 13.9 Å². The number of ether oxygens (including phenoxy) is 1. The lowest BCUT2D eigenvalue weighted by atomic mass is 10.1. The zero-order chi connectivity index (χ0) is 17.7. The van der Waals surface area contributed by atoms with Crippen LogP contribution in [0.15, 0.2) is 54.6 Å². The number of carbonyl (C=O) groups is 1. The van der Waals surface area contributed by atoms with Crippen LogP contribution in [0.2, 0.25) is 0 Å². The molecule has 0 spiro atoms. The summed E-state index contributed by atoms with van der Waals surface area (Å²) in [4.78, 5) is 11.6. The number of benzene rings is 2. The number of hydrogen-bond acceptors (Lipinski definition) is 2. The molecule has 0 unspecified atom stereocenters. The summed E-state index contributed by atoms with van der Waals surface area (Å²) in [6.45, 7) is 0.886. The normalized spacial score (nSPS) is 9.64. The number of para-hydroxylation sites is 1. The third-order valence-corrected chi connectivity index (χ3v) is 3.37. The minimum atomic E-state index is -0.419. The highest BCUT2D eigenvalue weighted by molar-refractivity contribution is 5.74. The van der Waals surface area contributed by atoms with E-state index in [0.29, 0.717) is 6.54 Å². The number of amides is 2. The summed E-state index contributed by atoms with van der Waals surface area (Å²) in [7, 11) is 0. The van der Waals surface area contributed by atoms with E-state index in [1.807, 2.05) is 18.2 Å². The number of carbonyl (C=O) groups excluding carboxylic acids is 1. The van der Waals surface area contributed by atoms with Crippen molar-refractivity contribution in [3.05, 3.63) is 66.0 Å². The van der Waals surface area contributed by atoms with Crippen LogP contribution in [0.25, 0.3) is 0 Å². The van der Waals surface area contributed by atoms with Gasteiger partial charge < -0.3 is 15.4 Å². The predicted molar refractivity (Wildman–Crippen MR) is 95.8 cm³/mol. The highest BCUT2D eigenvalue weighted by Crippen LogP contribution is 2.14. The van der Waals surface area contributed by atoms with E-state index in [0.717, 1.165) is 12.8 Å². The molecule has 0 aliphatic heterocycles. The summed E-state index contributed by atoms with van der Waals surface area (Å²) in [5.74, 6) is 5.23. The fourth-order valence-electron chi connectivity index (χ4n) is 2.12. The second-order valence-corrected chi connectivity index (χ2v) is 5.27. The van der Waals surface area contributed by atoms with Gasteiger partial charge in [0.05, 0.1) is 6.54 Å². The third kappa shape index (κ3) is 7.40. The van der Waals surface area contributed by atoms with Gasteiger partial charge in [-0.25, -0.2) is 9.18 Å². The molecule has 0 radical (unpaired) electrons. The van der Waals surface area contributed by atoms with E-state index in [9.17, 15) is 9.18 Å². The van der Waals surface area contributed by atoms with E-state index in [-0.39, 0.29) is 24.9 Å².